The molecule has 3 nitrogen and oxygen atoms in total. The second-order valence-corrected chi connectivity index (χ2v) is 3.22. The van der Waals surface area contributed by atoms with Crippen LogP contribution in [0.15, 0.2) is 18.2 Å². The van der Waals surface area contributed by atoms with Crippen LogP contribution in [0.4, 0.5) is 0 Å². The van der Waals surface area contributed by atoms with Gasteiger partial charge in [-0.3, -0.25) is 0 Å². The molecule has 15 heavy (non-hydrogen) atoms. The van der Waals surface area contributed by atoms with Gasteiger partial charge in [0.2, 0.25) is 0 Å². The van der Waals surface area contributed by atoms with E-state index in [9.17, 15) is 5.11 Å². The molecule has 1 aromatic carbocycles. The van der Waals surface area contributed by atoms with Gasteiger partial charge in [-0.15, -0.1) is 0 Å². The van der Waals surface area contributed by atoms with E-state index in [4.69, 9.17) is 0 Å². The van der Waals surface area contributed by atoms with E-state index < -0.39 is 0 Å². The van der Waals surface area contributed by atoms with Gasteiger partial charge in [0.25, 0.3) is 0 Å². The first kappa shape index (κ1) is 9.65. The van der Waals surface area contributed by atoms with Crippen LogP contribution in [0.3, 0.4) is 0 Å². The summed E-state index contributed by atoms with van der Waals surface area (Å²) in [5, 5.41) is 11.3. The number of aromatic nitrogens is 2. The number of fused-ring (bicyclic) bond motifs is 1. The lowest BCUT2D eigenvalue weighted by atomic mass is 10.2. The SMILES string of the molecule is C/C=c1/nc2cccc(O)c2n/c1=C/C. The van der Waals surface area contributed by atoms with Crippen LogP contribution in [0.5, 0.6) is 5.75 Å². The Balaban J connectivity index is 3.02. The highest BCUT2D eigenvalue weighted by atomic mass is 16.3. The van der Waals surface area contributed by atoms with Gasteiger partial charge >= 0.3 is 0 Å². The number of hydrogen-bond acceptors (Lipinski definition) is 3. The molecule has 0 saturated carbocycles. The van der Waals surface area contributed by atoms with Gasteiger partial charge < -0.3 is 5.11 Å². The van der Waals surface area contributed by atoms with E-state index in [1.54, 1.807) is 12.1 Å². The molecule has 0 atom stereocenters. The fraction of sp³-hybridized carbons (Fsp3) is 0.167. The molecular weight excluding hydrogens is 188 g/mol. The van der Waals surface area contributed by atoms with Gasteiger partial charge in [0.15, 0.2) is 0 Å². The van der Waals surface area contributed by atoms with Crippen molar-refractivity contribution in [2.45, 2.75) is 13.8 Å². The number of hydrogen-bond donors (Lipinski definition) is 1. The molecule has 0 aliphatic rings. The van der Waals surface area contributed by atoms with E-state index in [0.29, 0.717) is 11.0 Å². The van der Waals surface area contributed by atoms with Gasteiger partial charge in [0.05, 0.1) is 16.2 Å². The van der Waals surface area contributed by atoms with Crippen molar-refractivity contribution in [1.82, 2.24) is 9.97 Å². The zero-order chi connectivity index (χ0) is 10.8. The highest BCUT2D eigenvalue weighted by Crippen LogP contribution is 2.17. The highest BCUT2D eigenvalue weighted by Gasteiger charge is 2.01. The van der Waals surface area contributed by atoms with E-state index >= 15 is 0 Å². The maximum atomic E-state index is 9.63. The van der Waals surface area contributed by atoms with Crippen LogP contribution in [0, 0.1) is 0 Å². The molecule has 0 spiro atoms. The molecule has 1 N–H and O–H groups in total. The minimum absolute atomic E-state index is 0.172. The third kappa shape index (κ3) is 1.56. The summed E-state index contributed by atoms with van der Waals surface area (Å²) in [4.78, 5) is 8.78. The normalized spacial score (nSPS) is 13.7. The van der Waals surface area contributed by atoms with Crippen LogP contribution in [0.2, 0.25) is 0 Å². The molecule has 2 rings (SSSR count). The first-order valence-corrected chi connectivity index (χ1v) is 4.84. The van der Waals surface area contributed by atoms with Crippen molar-refractivity contribution in [2.24, 2.45) is 0 Å². The van der Waals surface area contributed by atoms with Gasteiger partial charge in [-0.25, -0.2) is 9.97 Å². The van der Waals surface area contributed by atoms with Crippen LogP contribution in [-0.2, 0) is 0 Å². The lowest BCUT2D eigenvalue weighted by Gasteiger charge is -1.99. The van der Waals surface area contributed by atoms with Crippen molar-refractivity contribution >= 4 is 23.2 Å². The number of phenolic OH excluding ortho intramolecular Hbond substituents is 1. The minimum atomic E-state index is 0.172. The fourth-order valence-corrected chi connectivity index (χ4v) is 1.51. The molecule has 0 aliphatic heterocycles. The Morgan fingerprint density at radius 2 is 1.73 bits per heavy atom. The third-order valence-corrected chi connectivity index (χ3v) is 2.28. The second-order valence-electron chi connectivity index (χ2n) is 3.22. The molecule has 0 unspecified atom stereocenters. The van der Waals surface area contributed by atoms with Crippen LogP contribution < -0.4 is 10.7 Å². The monoisotopic (exact) mass is 200 g/mol. The van der Waals surface area contributed by atoms with Gasteiger partial charge in [-0.05, 0) is 26.0 Å². The molecule has 0 bridgehead atoms. The summed E-state index contributed by atoms with van der Waals surface area (Å²) in [6, 6.07) is 5.22. The Morgan fingerprint density at radius 3 is 2.40 bits per heavy atom. The molecule has 0 radical (unpaired) electrons. The van der Waals surface area contributed by atoms with Crippen LogP contribution >= 0.6 is 0 Å². The number of rotatable bonds is 0. The lowest BCUT2D eigenvalue weighted by Crippen LogP contribution is -2.30. The minimum Gasteiger partial charge on any atom is -0.506 e. The van der Waals surface area contributed by atoms with Crippen molar-refractivity contribution in [1.29, 1.82) is 0 Å². The summed E-state index contributed by atoms with van der Waals surface area (Å²) >= 11 is 0. The molecule has 3 heteroatoms. The second kappa shape index (κ2) is 3.69. The van der Waals surface area contributed by atoms with E-state index in [1.165, 1.54) is 0 Å². The molecule has 0 fully saturated rings. The maximum absolute atomic E-state index is 9.63. The summed E-state index contributed by atoms with van der Waals surface area (Å²) in [6.45, 7) is 3.83. The van der Waals surface area contributed by atoms with Gasteiger partial charge in [-0.1, -0.05) is 18.2 Å². The van der Waals surface area contributed by atoms with Crippen molar-refractivity contribution in [3.8, 4) is 5.75 Å². The zero-order valence-corrected chi connectivity index (χ0v) is 8.73. The molecule has 1 heterocycles. The predicted molar refractivity (Wildman–Crippen MR) is 60.7 cm³/mol. The Kier molecular flexibility index (Phi) is 2.37. The average molecular weight is 200 g/mol. The Labute approximate surface area is 87.4 Å². The van der Waals surface area contributed by atoms with Crippen LogP contribution in [0.25, 0.3) is 23.2 Å². The molecule has 76 valence electrons. The van der Waals surface area contributed by atoms with E-state index in [-0.39, 0.29) is 5.75 Å². The van der Waals surface area contributed by atoms with Crippen molar-refractivity contribution in [2.75, 3.05) is 0 Å². The van der Waals surface area contributed by atoms with Gasteiger partial charge in [-0.2, -0.15) is 0 Å². The summed E-state index contributed by atoms with van der Waals surface area (Å²) < 4.78 is 0. The highest BCUT2D eigenvalue weighted by molar-refractivity contribution is 5.80. The van der Waals surface area contributed by atoms with Crippen molar-refractivity contribution in [3.63, 3.8) is 0 Å². The number of phenols is 1. The first-order valence-electron chi connectivity index (χ1n) is 4.84. The van der Waals surface area contributed by atoms with Crippen LogP contribution in [0.1, 0.15) is 13.8 Å². The van der Waals surface area contributed by atoms with Crippen LogP contribution in [-0.4, -0.2) is 15.1 Å². The number of aromatic hydroxyl groups is 1. The summed E-state index contributed by atoms with van der Waals surface area (Å²) in [7, 11) is 0. The fourth-order valence-electron chi connectivity index (χ4n) is 1.51. The molecule has 0 aliphatic carbocycles. The lowest BCUT2D eigenvalue weighted by molar-refractivity contribution is 0.480. The molecular formula is C12H12N2O. The third-order valence-electron chi connectivity index (χ3n) is 2.28. The quantitative estimate of drug-likeness (QED) is 0.688. The topological polar surface area (TPSA) is 46.0 Å². The smallest absolute Gasteiger partial charge is 0.143 e. The van der Waals surface area contributed by atoms with E-state index in [1.807, 2.05) is 32.1 Å². The molecule has 2 aromatic rings. The van der Waals surface area contributed by atoms with Crippen molar-refractivity contribution < 1.29 is 5.11 Å². The predicted octanol–water partition coefficient (Wildman–Crippen LogP) is 0.936. The van der Waals surface area contributed by atoms with E-state index in [2.05, 4.69) is 9.97 Å². The molecule has 0 saturated heterocycles. The largest absolute Gasteiger partial charge is 0.506 e. The van der Waals surface area contributed by atoms with Gasteiger partial charge in [0, 0.05) is 0 Å². The summed E-state index contributed by atoms with van der Waals surface area (Å²) in [6.07, 6.45) is 3.79. The Morgan fingerprint density at radius 1 is 1.07 bits per heavy atom. The molecule has 1 aromatic heterocycles. The number of para-hydroxylation sites is 1. The van der Waals surface area contributed by atoms with Crippen molar-refractivity contribution in [3.05, 3.63) is 28.9 Å². The Hall–Kier alpha value is -1.90. The maximum Gasteiger partial charge on any atom is 0.143 e. The average Bonchev–Trinajstić information content (AvgIpc) is 2.28. The standard InChI is InChI=1S/C12H12N2O/c1-3-8-9(4-2)14-12-10(13-8)6-5-7-11(12)15/h3-7,15H,1-2H3/b8-3+,9-4+. The van der Waals surface area contributed by atoms with Gasteiger partial charge in [0.1, 0.15) is 11.3 Å². The number of nitrogens with zero attached hydrogens (tertiary/aromatic N) is 2. The van der Waals surface area contributed by atoms with E-state index in [0.717, 1.165) is 10.7 Å². The molecule has 0 amide bonds. The summed E-state index contributed by atoms with van der Waals surface area (Å²) in [5.41, 5.74) is 1.27. The first-order chi connectivity index (χ1) is 7.26. The number of benzene rings is 1. The Bertz CT molecular complexity index is 617. The zero-order valence-electron chi connectivity index (χ0n) is 8.73. The summed E-state index contributed by atoms with van der Waals surface area (Å²) in [5.74, 6) is 0.172.